The maximum Gasteiger partial charge on any atom is 0.410 e. The lowest BCUT2D eigenvalue weighted by Crippen LogP contribution is -2.52. The minimum atomic E-state index is -1.32. The van der Waals surface area contributed by atoms with Crippen molar-refractivity contribution in [2.75, 3.05) is 12.3 Å². The predicted molar refractivity (Wildman–Crippen MR) is 120 cm³/mol. The molecule has 3 N–H and O–H groups in total. The van der Waals surface area contributed by atoms with E-state index in [1.807, 2.05) is 36.4 Å². The van der Waals surface area contributed by atoms with Gasteiger partial charge in [0.1, 0.15) is 18.7 Å². The Morgan fingerprint density at radius 3 is 2.41 bits per heavy atom. The molecule has 0 unspecified atom stereocenters. The molecule has 0 bridgehead atoms. The normalized spacial score (nSPS) is 17.4. The molecule has 1 aliphatic rings. The van der Waals surface area contributed by atoms with E-state index in [1.165, 1.54) is 4.90 Å². The van der Waals surface area contributed by atoms with Crippen LogP contribution in [0, 0.1) is 0 Å². The number of amides is 3. The van der Waals surface area contributed by atoms with Crippen molar-refractivity contribution in [1.29, 1.82) is 0 Å². The van der Waals surface area contributed by atoms with Gasteiger partial charge < -0.3 is 15.8 Å². The fourth-order valence-electron chi connectivity index (χ4n) is 3.53. The number of benzene rings is 2. The molecule has 3 atom stereocenters. The lowest BCUT2D eigenvalue weighted by Gasteiger charge is -2.25. The average Bonchev–Trinajstić information content (AvgIpc) is 3.31. The van der Waals surface area contributed by atoms with Crippen LogP contribution in [0.2, 0.25) is 0 Å². The maximum absolute atomic E-state index is 12.8. The molecule has 9 heteroatoms. The molecule has 1 fully saturated rings. The summed E-state index contributed by atoms with van der Waals surface area (Å²) in [5.41, 5.74) is 6.31. The molecular weight excluding hydrogens is 430 g/mol. The molecule has 170 valence electrons. The van der Waals surface area contributed by atoms with E-state index < -0.39 is 40.8 Å². The van der Waals surface area contributed by atoms with Crippen molar-refractivity contribution in [3.8, 4) is 0 Å². The van der Waals surface area contributed by atoms with Crippen molar-refractivity contribution < 1.29 is 23.3 Å². The zero-order chi connectivity index (χ0) is 22.9. The third-order valence-corrected chi connectivity index (χ3v) is 6.66. The topological polar surface area (TPSA) is 119 Å². The Morgan fingerprint density at radius 2 is 1.75 bits per heavy atom. The number of rotatable bonds is 9. The molecule has 2 aromatic carbocycles. The third-order valence-electron chi connectivity index (χ3n) is 5.25. The number of ether oxygens (including phenoxy) is 1. The van der Waals surface area contributed by atoms with E-state index in [-0.39, 0.29) is 18.8 Å². The summed E-state index contributed by atoms with van der Waals surface area (Å²) in [5.74, 6) is -1.00. The second kappa shape index (κ2) is 11.4. The van der Waals surface area contributed by atoms with Crippen LogP contribution >= 0.6 is 0 Å². The summed E-state index contributed by atoms with van der Waals surface area (Å²) in [7, 11) is -1.32. The first kappa shape index (κ1) is 23.5. The van der Waals surface area contributed by atoms with Crippen LogP contribution in [0.3, 0.4) is 0 Å². The Hall–Kier alpha value is -3.20. The summed E-state index contributed by atoms with van der Waals surface area (Å²) >= 11 is 0. The van der Waals surface area contributed by atoms with Gasteiger partial charge in [0.2, 0.25) is 11.8 Å². The van der Waals surface area contributed by atoms with Crippen LogP contribution in [-0.4, -0.2) is 51.4 Å². The first-order valence-electron chi connectivity index (χ1n) is 10.5. The van der Waals surface area contributed by atoms with Gasteiger partial charge in [-0.3, -0.25) is 18.7 Å². The van der Waals surface area contributed by atoms with Gasteiger partial charge in [0.05, 0.1) is 10.8 Å². The highest BCUT2D eigenvalue weighted by Gasteiger charge is 2.36. The lowest BCUT2D eigenvalue weighted by molar-refractivity contribution is -0.130. The summed E-state index contributed by atoms with van der Waals surface area (Å²) in [6.45, 7) is 0.505. The molecule has 2 aromatic rings. The number of nitrogens with zero attached hydrogens (tertiary/aromatic N) is 1. The summed E-state index contributed by atoms with van der Waals surface area (Å²) in [6, 6.07) is 16.4. The smallest absolute Gasteiger partial charge is 0.410 e. The highest BCUT2D eigenvalue weighted by atomic mass is 32.2. The Balaban J connectivity index is 1.54. The number of primary amides is 1. The highest BCUT2D eigenvalue weighted by Crippen LogP contribution is 2.19. The highest BCUT2D eigenvalue weighted by molar-refractivity contribution is 7.85. The Labute approximate surface area is 189 Å². The summed E-state index contributed by atoms with van der Waals surface area (Å²) < 4.78 is 17.8. The summed E-state index contributed by atoms with van der Waals surface area (Å²) in [5, 5.41) is 2.63. The monoisotopic (exact) mass is 457 g/mol. The van der Waals surface area contributed by atoms with Gasteiger partial charge in [-0.15, -0.1) is 0 Å². The number of likely N-dealkylation sites (tertiary alicyclic amines) is 1. The van der Waals surface area contributed by atoms with Gasteiger partial charge in [0.25, 0.3) is 0 Å². The largest absolute Gasteiger partial charge is 0.445 e. The molecule has 0 spiro atoms. The third kappa shape index (κ3) is 6.40. The van der Waals surface area contributed by atoms with Gasteiger partial charge in [-0.05, 0) is 37.0 Å². The molecular formula is C23H27N3O5S. The predicted octanol–water partition coefficient (Wildman–Crippen LogP) is 1.96. The number of carbonyl (C=O) groups is 3. The molecule has 1 aliphatic heterocycles. The van der Waals surface area contributed by atoms with Gasteiger partial charge >= 0.3 is 6.09 Å². The van der Waals surface area contributed by atoms with E-state index in [2.05, 4.69) is 5.32 Å². The standard InChI is InChI=1S/C23H27N3O5S/c24-21(27)19(13-15-32(30)18-10-5-2-6-11-18)25-22(28)20-12-7-14-26(20)23(29)31-16-17-8-3-1-4-9-17/h1-6,8-11,19-20H,7,12-16H2,(H2,24,27)(H,25,28)/t19-,20+,32-/m0/s1. The van der Waals surface area contributed by atoms with E-state index in [0.717, 1.165) is 5.56 Å². The molecule has 0 aliphatic carbocycles. The first-order valence-corrected chi connectivity index (χ1v) is 11.8. The molecule has 0 radical (unpaired) electrons. The average molecular weight is 458 g/mol. The van der Waals surface area contributed by atoms with Crippen LogP contribution in [0.4, 0.5) is 4.79 Å². The van der Waals surface area contributed by atoms with E-state index in [1.54, 1.807) is 24.3 Å². The van der Waals surface area contributed by atoms with Crippen molar-refractivity contribution >= 4 is 28.7 Å². The summed E-state index contributed by atoms with van der Waals surface area (Å²) in [6.07, 6.45) is 0.673. The fourth-order valence-corrected chi connectivity index (χ4v) is 4.67. The van der Waals surface area contributed by atoms with Crippen LogP contribution in [0.15, 0.2) is 65.6 Å². The van der Waals surface area contributed by atoms with Crippen LogP contribution in [0.1, 0.15) is 24.8 Å². The van der Waals surface area contributed by atoms with Gasteiger partial charge in [-0.1, -0.05) is 48.5 Å². The van der Waals surface area contributed by atoms with Gasteiger partial charge in [-0.2, -0.15) is 0 Å². The zero-order valence-corrected chi connectivity index (χ0v) is 18.5. The van der Waals surface area contributed by atoms with Crippen LogP contribution in [0.25, 0.3) is 0 Å². The molecule has 0 aromatic heterocycles. The van der Waals surface area contributed by atoms with E-state index >= 15 is 0 Å². The lowest BCUT2D eigenvalue weighted by atomic mass is 10.1. The van der Waals surface area contributed by atoms with Gasteiger partial charge in [0.15, 0.2) is 0 Å². The zero-order valence-electron chi connectivity index (χ0n) is 17.6. The molecule has 3 amide bonds. The molecule has 1 saturated heterocycles. The van der Waals surface area contributed by atoms with Crippen LogP contribution in [-0.2, 0) is 31.7 Å². The number of carbonyl (C=O) groups excluding carboxylic acids is 3. The maximum atomic E-state index is 12.8. The second-order valence-electron chi connectivity index (χ2n) is 7.51. The summed E-state index contributed by atoms with van der Waals surface area (Å²) in [4.78, 5) is 39.2. The molecule has 8 nitrogen and oxygen atoms in total. The van der Waals surface area contributed by atoms with Crippen molar-refractivity contribution in [1.82, 2.24) is 10.2 Å². The van der Waals surface area contributed by atoms with Crippen molar-refractivity contribution in [2.45, 2.75) is 42.8 Å². The van der Waals surface area contributed by atoms with Crippen LogP contribution in [0.5, 0.6) is 0 Å². The van der Waals surface area contributed by atoms with Crippen molar-refractivity contribution in [3.05, 3.63) is 66.2 Å². The second-order valence-corrected chi connectivity index (χ2v) is 9.08. The Bertz CT molecular complexity index is 955. The fraction of sp³-hybridized carbons (Fsp3) is 0.348. The molecule has 1 heterocycles. The Kier molecular flexibility index (Phi) is 8.38. The number of nitrogens with two attached hydrogens (primary N) is 1. The minimum absolute atomic E-state index is 0.111. The molecule has 0 saturated carbocycles. The Morgan fingerprint density at radius 1 is 1.09 bits per heavy atom. The van der Waals surface area contributed by atoms with Gasteiger partial charge in [0, 0.05) is 17.2 Å². The first-order chi connectivity index (χ1) is 15.5. The van der Waals surface area contributed by atoms with E-state index in [9.17, 15) is 18.6 Å². The van der Waals surface area contributed by atoms with Crippen molar-refractivity contribution in [3.63, 3.8) is 0 Å². The minimum Gasteiger partial charge on any atom is -0.445 e. The van der Waals surface area contributed by atoms with E-state index in [0.29, 0.717) is 24.3 Å². The van der Waals surface area contributed by atoms with Crippen molar-refractivity contribution in [2.24, 2.45) is 5.73 Å². The number of nitrogens with one attached hydrogen (secondary N) is 1. The molecule has 32 heavy (non-hydrogen) atoms. The quantitative estimate of drug-likeness (QED) is 0.597. The van der Waals surface area contributed by atoms with E-state index in [4.69, 9.17) is 10.5 Å². The number of hydrogen-bond acceptors (Lipinski definition) is 5. The number of hydrogen-bond donors (Lipinski definition) is 2. The van der Waals surface area contributed by atoms with Gasteiger partial charge in [-0.25, -0.2) is 4.79 Å². The van der Waals surface area contributed by atoms with Crippen LogP contribution < -0.4 is 11.1 Å². The molecule has 3 rings (SSSR count). The SMILES string of the molecule is NC(=O)[C@H](CC[S@](=O)c1ccccc1)NC(=O)[C@H]1CCCN1C(=O)OCc1ccccc1.